The molecule has 0 atom stereocenters. The minimum Gasteiger partial charge on any atom is -0.227 e. The first kappa shape index (κ1) is 6.60. The van der Waals surface area contributed by atoms with Crippen molar-refractivity contribution in [3.8, 4) is 0 Å². The largest absolute Gasteiger partial charge is 0.227 e. The smallest absolute Gasteiger partial charge is 0.154 e. The van der Waals surface area contributed by atoms with E-state index in [2.05, 4.69) is 10.1 Å². The summed E-state index contributed by atoms with van der Waals surface area (Å²) in [6.07, 6.45) is 1.76. The summed E-state index contributed by atoms with van der Waals surface area (Å²) in [5.41, 5.74) is 2.93. The van der Waals surface area contributed by atoms with Gasteiger partial charge < -0.3 is 0 Å². The Morgan fingerprint density at radius 2 is 1.92 bits per heavy atom. The third kappa shape index (κ3) is 0.839. The molecule has 0 unspecified atom stereocenters. The van der Waals surface area contributed by atoms with Gasteiger partial charge in [0.05, 0.1) is 11.0 Å². The van der Waals surface area contributed by atoms with Crippen molar-refractivity contribution in [3.63, 3.8) is 0 Å². The fraction of sp³-hybridized carbons (Fsp3) is 0. The van der Waals surface area contributed by atoms with Gasteiger partial charge in [0.15, 0.2) is 5.65 Å². The number of benzene rings is 1. The molecule has 0 fully saturated rings. The highest BCUT2D eigenvalue weighted by Gasteiger charge is 2.01. The molecule has 0 saturated carbocycles. The zero-order valence-electron chi connectivity index (χ0n) is 6.88. The number of rotatable bonds is 0. The van der Waals surface area contributed by atoms with Crippen LogP contribution in [0.4, 0.5) is 0 Å². The third-order valence-electron chi connectivity index (χ3n) is 2.08. The van der Waals surface area contributed by atoms with E-state index in [4.69, 9.17) is 0 Å². The highest BCUT2D eigenvalue weighted by Crippen LogP contribution is 2.13. The number of hydrogen-bond acceptors (Lipinski definition) is 2. The van der Waals surface area contributed by atoms with Crippen LogP contribution in [0.3, 0.4) is 0 Å². The molecule has 0 N–H and O–H groups in total. The number of hydrogen-bond donors (Lipinski definition) is 0. The molecule has 0 aliphatic rings. The molecule has 0 spiro atoms. The number of imidazole rings is 1. The van der Waals surface area contributed by atoms with Crippen molar-refractivity contribution in [2.24, 2.45) is 0 Å². The molecule has 62 valence electrons. The summed E-state index contributed by atoms with van der Waals surface area (Å²) in [6, 6.07) is 11.8. The van der Waals surface area contributed by atoms with Crippen molar-refractivity contribution < 1.29 is 0 Å². The van der Waals surface area contributed by atoms with Gasteiger partial charge in [-0.25, -0.2) is 9.50 Å². The van der Waals surface area contributed by atoms with Gasteiger partial charge in [0.1, 0.15) is 0 Å². The highest BCUT2D eigenvalue weighted by atomic mass is 15.2. The van der Waals surface area contributed by atoms with Crippen molar-refractivity contribution in [1.82, 2.24) is 14.6 Å². The lowest BCUT2D eigenvalue weighted by molar-refractivity contribution is 0.966. The van der Waals surface area contributed by atoms with Crippen molar-refractivity contribution in [3.05, 3.63) is 42.6 Å². The van der Waals surface area contributed by atoms with Crippen molar-refractivity contribution in [1.29, 1.82) is 0 Å². The fourth-order valence-corrected chi connectivity index (χ4v) is 1.50. The Morgan fingerprint density at radius 3 is 2.92 bits per heavy atom. The molecule has 0 aliphatic carbocycles. The number of aromatic nitrogens is 3. The van der Waals surface area contributed by atoms with Crippen LogP contribution in [0.25, 0.3) is 16.7 Å². The van der Waals surface area contributed by atoms with Crippen molar-refractivity contribution in [2.75, 3.05) is 0 Å². The monoisotopic (exact) mass is 169 g/mol. The Balaban J connectivity index is 2.64. The van der Waals surface area contributed by atoms with Gasteiger partial charge in [-0.15, -0.1) is 0 Å². The standard InChI is InChI=1S/C10H7N3/c1-2-5-9-8(4-1)12-10-6-3-7-11-13(9)10/h1-7H. The van der Waals surface area contributed by atoms with Crippen LogP contribution in [-0.4, -0.2) is 14.6 Å². The lowest BCUT2D eigenvalue weighted by Gasteiger charge is -1.90. The average molecular weight is 169 g/mol. The van der Waals surface area contributed by atoms with E-state index in [0.717, 1.165) is 16.7 Å². The number of nitrogens with zero attached hydrogens (tertiary/aromatic N) is 3. The first-order valence-corrected chi connectivity index (χ1v) is 4.14. The van der Waals surface area contributed by atoms with Gasteiger partial charge in [0.25, 0.3) is 0 Å². The molecule has 3 aromatic rings. The molecule has 3 rings (SSSR count). The van der Waals surface area contributed by atoms with Crippen LogP contribution in [0.15, 0.2) is 42.6 Å². The van der Waals surface area contributed by atoms with E-state index in [9.17, 15) is 0 Å². The van der Waals surface area contributed by atoms with E-state index >= 15 is 0 Å². The predicted octanol–water partition coefficient (Wildman–Crippen LogP) is 1.88. The molecule has 0 radical (unpaired) electrons. The molecule has 0 aliphatic heterocycles. The van der Waals surface area contributed by atoms with Crippen molar-refractivity contribution in [2.45, 2.75) is 0 Å². The zero-order valence-corrected chi connectivity index (χ0v) is 6.88. The summed E-state index contributed by atoms with van der Waals surface area (Å²) in [5, 5.41) is 4.22. The second-order valence-electron chi connectivity index (χ2n) is 2.89. The normalized spacial score (nSPS) is 11.1. The Bertz CT molecular complexity index is 518. The Kier molecular flexibility index (Phi) is 1.16. The fourth-order valence-electron chi connectivity index (χ4n) is 1.50. The molecule has 3 heteroatoms. The minimum atomic E-state index is 0.892. The van der Waals surface area contributed by atoms with Gasteiger partial charge in [0, 0.05) is 6.20 Å². The van der Waals surface area contributed by atoms with E-state index in [0.29, 0.717) is 0 Å². The van der Waals surface area contributed by atoms with Crippen LogP contribution in [-0.2, 0) is 0 Å². The maximum atomic E-state index is 4.42. The van der Waals surface area contributed by atoms with Crippen LogP contribution >= 0.6 is 0 Å². The summed E-state index contributed by atoms with van der Waals surface area (Å²) < 4.78 is 1.84. The van der Waals surface area contributed by atoms with Gasteiger partial charge in [-0.1, -0.05) is 12.1 Å². The SMILES string of the molecule is c1ccc2c(c1)nc1cccnn12. The number of fused-ring (bicyclic) bond motifs is 3. The first-order valence-electron chi connectivity index (χ1n) is 4.14. The summed E-state index contributed by atoms with van der Waals surface area (Å²) in [6.45, 7) is 0. The lowest BCUT2D eigenvalue weighted by Crippen LogP contribution is -1.87. The average Bonchev–Trinajstić information content (AvgIpc) is 2.56. The summed E-state index contributed by atoms with van der Waals surface area (Å²) in [4.78, 5) is 4.42. The molecule has 2 aromatic heterocycles. The van der Waals surface area contributed by atoms with E-state index in [1.165, 1.54) is 0 Å². The van der Waals surface area contributed by atoms with Gasteiger partial charge in [-0.05, 0) is 24.3 Å². The van der Waals surface area contributed by atoms with Gasteiger partial charge in [0.2, 0.25) is 0 Å². The van der Waals surface area contributed by atoms with E-state index in [-0.39, 0.29) is 0 Å². The molecule has 13 heavy (non-hydrogen) atoms. The number of para-hydroxylation sites is 2. The molecular weight excluding hydrogens is 162 g/mol. The van der Waals surface area contributed by atoms with Crippen molar-refractivity contribution >= 4 is 16.7 Å². The Hall–Kier alpha value is -1.90. The second-order valence-corrected chi connectivity index (χ2v) is 2.89. The van der Waals surface area contributed by atoms with Crippen LogP contribution in [0.2, 0.25) is 0 Å². The second kappa shape index (κ2) is 2.29. The first-order chi connectivity index (χ1) is 6.45. The van der Waals surface area contributed by atoms with Gasteiger partial charge in [-0.3, -0.25) is 0 Å². The predicted molar refractivity (Wildman–Crippen MR) is 50.5 cm³/mol. The highest BCUT2D eigenvalue weighted by molar-refractivity contribution is 5.79. The van der Waals surface area contributed by atoms with Gasteiger partial charge in [-0.2, -0.15) is 5.10 Å². The molecule has 1 aromatic carbocycles. The summed E-state index contributed by atoms with van der Waals surface area (Å²) in [5.74, 6) is 0. The molecule has 0 saturated heterocycles. The molecular formula is C10H7N3. The van der Waals surface area contributed by atoms with Crippen LogP contribution in [0.5, 0.6) is 0 Å². The maximum Gasteiger partial charge on any atom is 0.154 e. The van der Waals surface area contributed by atoms with Gasteiger partial charge >= 0.3 is 0 Å². The van der Waals surface area contributed by atoms with Crippen LogP contribution < -0.4 is 0 Å². The zero-order chi connectivity index (χ0) is 8.67. The summed E-state index contributed by atoms with van der Waals surface area (Å²) >= 11 is 0. The molecule has 3 nitrogen and oxygen atoms in total. The molecule has 0 bridgehead atoms. The summed E-state index contributed by atoms with van der Waals surface area (Å²) in [7, 11) is 0. The molecule has 2 heterocycles. The third-order valence-corrected chi connectivity index (χ3v) is 2.08. The Labute approximate surface area is 74.6 Å². The minimum absolute atomic E-state index is 0.892. The van der Waals surface area contributed by atoms with E-state index in [1.807, 2.05) is 40.9 Å². The van der Waals surface area contributed by atoms with E-state index < -0.39 is 0 Å². The maximum absolute atomic E-state index is 4.42. The Morgan fingerprint density at radius 1 is 1.00 bits per heavy atom. The lowest BCUT2D eigenvalue weighted by atomic mass is 10.3. The van der Waals surface area contributed by atoms with Crippen LogP contribution in [0.1, 0.15) is 0 Å². The quantitative estimate of drug-likeness (QED) is 0.514. The van der Waals surface area contributed by atoms with E-state index in [1.54, 1.807) is 6.20 Å². The topological polar surface area (TPSA) is 30.2 Å². The van der Waals surface area contributed by atoms with Crippen LogP contribution in [0, 0.1) is 0 Å². The molecule has 0 amide bonds.